The molecule has 0 spiro atoms. The summed E-state index contributed by atoms with van der Waals surface area (Å²) in [4.78, 5) is 12.2. The Kier molecular flexibility index (Phi) is 5.01. The fourth-order valence-corrected chi connectivity index (χ4v) is 2.79. The van der Waals surface area contributed by atoms with Crippen molar-refractivity contribution in [1.82, 2.24) is 9.88 Å². The highest BCUT2D eigenvalue weighted by atomic mass is 16.1. The molecule has 1 aliphatic rings. The van der Waals surface area contributed by atoms with E-state index in [1.807, 2.05) is 13.0 Å². The molecule has 0 saturated heterocycles. The maximum absolute atomic E-state index is 12.2. The van der Waals surface area contributed by atoms with Crippen LogP contribution >= 0.6 is 0 Å². The number of carbonyl (C=O) groups is 1. The molecule has 1 fully saturated rings. The van der Waals surface area contributed by atoms with Gasteiger partial charge in [-0.2, -0.15) is 10.5 Å². The van der Waals surface area contributed by atoms with Gasteiger partial charge in [0.05, 0.1) is 0 Å². The monoisotopic (exact) mass is 296 g/mol. The summed E-state index contributed by atoms with van der Waals surface area (Å²) in [7, 11) is 1.79. The summed E-state index contributed by atoms with van der Waals surface area (Å²) < 4.78 is 1.75. The predicted molar refractivity (Wildman–Crippen MR) is 83.5 cm³/mol. The van der Waals surface area contributed by atoms with Crippen LogP contribution in [0.1, 0.15) is 49.1 Å². The fraction of sp³-hybridized carbons (Fsp3) is 0.471. The first-order chi connectivity index (χ1) is 10.6. The van der Waals surface area contributed by atoms with Crippen LogP contribution in [0.2, 0.25) is 0 Å². The van der Waals surface area contributed by atoms with Crippen molar-refractivity contribution in [2.24, 2.45) is 7.05 Å². The highest BCUT2D eigenvalue weighted by Crippen LogP contribution is 2.19. The summed E-state index contributed by atoms with van der Waals surface area (Å²) in [6.45, 7) is 1.86. The third-order valence-corrected chi connectivity index (χ3v) is 4.29. The van der Waals surface area contributed by atoms with Gasteiger partial charge in [-0.1, -0.05) is 19.3 Å². The van der Waals surface area contributed by atoms with E-state index < -0.39 is 0 Å². The van der Waals surface area contributed by atoms with Crippen molar-refractivity contribution in [3.05, 3.63) is 28.6 Å². The smallest absolute Gasteiger partial charge is 0.262 e. The van der Waals surface area contributed by atoms with Crippen LogP contribution in [0.5, 0.6) is 0 Å². The van der Waals surface area contributed by atoms with Crippen molar-refractivity contribution in [2.75, 3.05) is 0 Å². The molecule has 0 bridgehead atoms. The van der Waals surface area contributed by atoms with E-state index in [0.29, 0.717) is 5.69 Å². The molecule has 1 aliphatic carbocycles. The first-order valence-corrected chi connectivity index (χ1v) is 7.56. The molecule has 1 N–H and O–H groups in total. The van der Waals surface area contributed by atoms with Crippen LogP contribution in [0, 0.1) is 29.6 Å². The molecule has 0 atom stereocenters. The van der Waals surface area contributed by atoms with Crippen LogP contribution in [0.15, 0.2) is 11.6 Å². The second kappa shape index (κ2) is 6.95. The van der Waals surface area contributed by atoms with E-state index >= 15 is 0 Å². The van der Waals surface area contributed by atoms with Gasteiger partial charge in [0.2, 0.25) is 0 Å². The maximum atomic E-state index is 12.2. The lowest BCUT2D eigenvalue weighted by molar-refractivity contribution is -0.117. The Labute approximate surface area is 130 Å². The summed E-state index contributed by atoms with van der Waals surface area (Å²) in [5.41, 5.74) is 2.18. The lowest BCUT2D eigenvalue weighted by Crippen LogP contribution is -2.36. The number of nitrogens with one attached hydrogen (secondary N) is 1. The van der Waals surface area contributed by atoms with E-state index in [2.05, 4.69) is 11.4 Å². The largest absolute Gasteiger partial charge is 0.349 e. The summed E-state index contributed by atoms with van der Waals surface area (Å²) in [5, 5.41) is 21.2. The van der Waals surface area contributed by atoms with Gasteiger partial charge in [-0.3, -0.25) is 4.79 Å². The molecule has 0 aliphatic heterocycles. The summed E-state index contributed by atoms with van der Waals surface area (Å²) >= 11 is 0. The molecule has 1 aromatic rings. The van der Waals surface area contributed by atoms with Crippen molar-refractivity contribution in [3.63, 3.8) is 0 Å². The average molecular weight is 296 g/mol. The van der Waals surface area contributed by atoms with E-state index in [9.17, 15) is 10.1 Å². The zero-order chi connectivity index (χ0) is 16.1. The van der Waals surface area contributed by atoms with E-state index in [0.717, 1.165) is 36.9 Å². The van der Waals surface area contributed by atoms with Gasteiger partial charge in [0, 0.05) is 18.8 Å². The van der Waals surface area contributed by atoms with Crippen LogP contribution in [0.3, 0.4) is 0 Å². The average Bonchev–Trinajstić information content (AvgIpc) is 2.81. The van der Waals surface area contributed by atoms with Crippen LogP contribution < -0.4 is 5.32 Å². The van der Waals surface area contributed by atoms with E-state index in [1.165, 1.54) is 6.42 Å². The molecule has 5 heteroatoms. The Morgan fingerprint density at radius 2 is 2.05 bits per heavy atom. The van der Waals surface area contributed by atoms with Crippen molar-refractivity contribution in [1.29, 1.82) is 10.5 Å². The minimum absolute atomic E-state index is 0.0868. The Balaban J connectivity index is 2.18. The van der Waals surface area contributed by atoms with Crippen LogP contribution in [-0.2, 0) is 11.8 Å². The lowest BCUT2D eigenvalue weighted by Gasteiger charge is -2.22. The standard InChI is InChI=1S/C17H20N4O/c1-12-13(9-16(11-19)21(12)2)8-14(10-18)17(22)20-15-6-4-3-5-7-15/h8-9,15H,3-7H2,1-2H3,(H,20,22)/b14-8+. The number of hydrogen-bond donors (Lipinski definition) is 1. The second-order valence-electron chi connectivity index (χ2n) is 5.72. The molecule has 0 unspecified atom stereocenters. The normalized spacial score (nSPS) is 15.9. The molecule has 1 aromatic heterocycles. The molecular weight excluding hydrogens is 276 g/mol. The minimum atomic E-state index is -0.323. The molecule has 22 heavy (non-hydrogen) atoms. The minimum Gasteiger partial charge on any atom is -0.349 e. The maximum Gasteiger partial charge on any atom is 0.262 e. The summed E-state index contributed by atoms with van der Waals surface area (Å²) in [5.74, 6) is -0.323. The molecule has 0 aromatic carbocycles. The van der Waals surface area contributed by atoms with Crippen molar-refractivity contribution in [3.8, 4) is 12.1 Å². The van der Waals surface area contributed by atoms with Crippen molar-refractivity contribution >= 4 is 12.0 Å². The van der Waals surface area contributed by atoms with Gasteiger partial charge in [-0.15, -0.1) is 0 Å². The number of hydrogen-bond acceptors (Lipinski definition) is 3. The highest BCUT2D eigenvalue weighted by molar-refractivity contribution is 6.02. The quantitative estimate of drug-likeness (QED) is 0.687. The van der Waals surface area contributed by atoms with Gasteiger partial charge in [-0.05, 0) is 37.5 Å². The van der Waals surface area contributed by atoms with E-state index in [-0.39, 0.29) is 17.5 Å². The molecular formula is C17H20N4O. The molecule has 114 valence electrons. The number of rotatable bonds is 3. The highest BCUT2D eigenvalue weighted by Gasteiger charge is 2.18. The predicted octanol–water partition coefficient (Wildman–Crippen LogP) is 2.56. The van der Waals surface area contributed by atoms with Gasteiger partial charge in [0.25, 0.3) is 5.91 Å². The SMILES string of the molecule is Cc1c(/C=C(\C#N)C(=O)NC2CCCCC2)cc(C#N)n1C. The molecule has 2 rings (SSSR count). The number of nitrogens with zero attached hydrogens (tertiary/aromatic N) is 3. The number of aromatic nitrogens is 1. The fourth-order valence-electron chi connectivity index (χ4n) is 2.79. The second-order valence-corrected chi connectivity index (χ2v) is 5.72. The number of carbonyl (C=O) groups excluding carboxylic acids is 1. The topological polar surface area (TPSA) is 81.6 Å². The van der Waals surface area contributed by atoms with Crippen molar-refractivity contribution in [2.45, 2.75) is 45.1 Å². The van der Waals surface area contributed by atoms with Gasteiger partial charge >= 0.3 is 0 Å². The summed E-state index contributed by atoms with van der Waals surface area (Å²) in [6.07, 6.45) is 6.99. The molecule has 5 nitrogen and oxygen atoms in total. The Morgan fingerprint density at radius 1 is 1.36 bits per heavy atom. The zero-order valence-corrected chi connectivity index (χ0v) is 13.0. The zero-order valence-electron chi connectivity index (χ0n) is 13.0. The number of nitriles is 2. The van der Waals surface area contributed by atoms with Gasteiger partial charge in [-0.25, -0.2) is 0 Å². The third-order valence-electron chi connectivity index (χ3n) is 4.29. The molecule has 1 saturated carbocycles. The van der Waals surface area contributed by atoms with Gasteiger partial charge in [0.15, 0.2) is 0 Å². The van der Waals surface area contributed by atoms with E-state index in [4.69, 9.17) is 5.26 Å². The van der Waals surface area contributed by atoms with Crippen molar-refractivity contribution < 1.29 is 4.79 Å². The van der Waals surface area contributed by atoms with Gasteiger partial charge < -0.3 is 9.88 Å². The van der Waals surface area contributed by atoms with Crippen LogP contribution in [0.4, 0.5) is 0 Å². The summed E-state index contributed by atoms with van der Waals surface area (Å²) in [6, 6.07) is 5.93. The first kappa shape index (κ1) is 15.9. The molecule has 1 amide bonds. The third kappa shape index (κ3) is 3.38. The van der Waals surface area contributed by atoms with Crippen LogP contribution in [-0.4, -0.2) is 16.5 Å². The Bertz CT molecular complexity index is 679. The lowest BCUT2D eigenvalue weighted by atomic mass is 9.95. The molecule has 1 heterocycles. The Morgan fingerprint density at radius 3 is 2.59 bits per heavy atom. The first-order valence-electron chi connectivity index (χ1n) is 7.56. The van der Waals surface area contributed by atoms with Gasteiger partial charge in [0.1, 0.15) is 23.4 Å². The molecule has 0 radical (unpaired) electrons. The van der Waals surface area contributed by atoms with E-state index in [1.54, 1.807) is 23.8 Å². The Hall–Kier alpha value is -2.53. The number of amides is 1. The van der Waals surface area contributed by atoms with Crippen LogP contribution in [0.25, 0.3) is 6.08 Å².